The summed E-state index contributed by atoms with van der Waals surface area (Å²) >= 11 is 0. The highest BCUT2D eigenvalue weighted by Crippen LogP contribution is 2.00. The van der Waals surface area contributed by atoms with Gasteiger partial charge in [-0.2, -0.15) is 0 Å². The van der Waals surface area contributed by atoms with E-state index in [1.807, 2.05) is 27.7 Å². The monoisotopic (exact) mass is 176 g/mol. The second-order valence-electron chi connectivity index (χ2n) is 2.06. The van der Waals surface area contributed by atoms with Crippen LogP contribution >= 0.6 is 0 Å². The third-order valence-electron chi connectivity index (χ3n) is 1.21. The van der Waals surface area contributed by atoms with E-state index in [0.717, 1.165) is 0 Å². The van der Waals surface area contributed by atoms with Crippen LogP contribution in [0, 0.1) is 0 Å². The van der Waals surface area contributed by atoms with Gasteiger partial charge in [-0.3, -0.25) is 0 Å². The lowest BCUT2D eigenvalue weighted by molar-refractivity contribution is 0.656. The molecule has 80 valence electrons. The van der Waals surface area contributed by atoms with Gasteiger partial charge in [0.2, 0.25) is 0 Å². The van der Waals surface area contributed by atoms with Crippen LogP contribution in [0.5, 0.6) is 0 Å². The van der Waals surface area contributed by atoms with Gasteiger partial charge in [0.1, 0.15) is 0 Å². The maximum absolute atomic E-state index is 2.25. The molecule has 0 heteroatoms. The van der Waals surface area contributed by atoms with E-state index in [2.05, 4.69) is 13.8 Å². The predicted octanol–water partition coefficient (Wildman–Crippen LogP) is 5.67. The molecule has 0 aliphatic rings. The van der Waals surface area contributed by atoms with Crippen LogP contribution in [-0.2, 0) is 0 Å². The Bertz CT molecular complexity index is 19.2. The minimum Gasteiger partial charge on any atom is -0.0776 e. The molecule has 0 atom stereocenters. The lowest BCUT2D eigenvalue weighted by atomic mass is 10.2. The van der Waals surface area contributed by atoms with Crippen LogP contribution in [0.2, 0.25) is 0 Å². The van der Waals surface area contributed by atoms with E-state index in [-0.39, 0.29) is 7.43 Å². The summed E-state index contributed by atoms with van der Waals surface area (Å²) in [5, 5.41) is 0. The molecule has 0 saturated heterocycles. The topological polar surface area (TPSA) is 0 Å². The van der Waals surface area contributed by atoms with Crippen molar-refractivity contribution in [1.82, 2.24) is 0 Å². The largest absolute Gasteiger partial charge is 0.0776 e. The van der Waals surface area contributed by atoms with Crippen LogP contribution in [0.15, 0.2) is 0 Å². The lowest BCUT2D eigenvalue weighted by Crippen LogP contribution is -1.70. The van der Waals surface area contributed by atoms with E-state index < -0.39 is 0 Å². The molecule has 0 aliphatic carbocycles. The SMILES string of the molecule is C.CC.CC.CCCCCCC. The molecule has 0 bridgehead atoms. The quantitative estimate of drug-likeness (QED) is 0.484. The summed E-state index contributed by atoms with van der Waals surface area (Å²) in [4.78, 5) is 0. The van der Waals surface area contributed by atoms with Crippen LogP contribution in [-0.4, -0.2) is 0 Å². The molecule has 0 amide bonds. The molecule has 0 rings (SSSR count). The fourth-order valence-electron chi connectivity index (χ4n) is 0.677. The van der Waals surface area contributed by atoms with Gasteiger partial charge in [0, 0.05) is 0 Å². The number of hydrogen-bond donors (Lipinski definition) is 0. The molecule has 0 aromatic heterocycles. The smallest absolute Gasteiger partial charge is 0.0533 e. The number of hydrogen-bond acceptors (Lipinski definition) is 0. The van der Waals surface area contributed by atoms with Crippen molar-refractivity contribution < 1.29 is 0 Å². The van der Waals surface area contributed by atoms with Gasteiger partial charge in [0.25, 0.3) is 0 Å². The Kier molecular flexibility index (Phi) is 83.2. The second-order valence-corrected chi connectivity index (χ2v) is 2.06. The average molecular weight is 176 g/mol. The van der Waals surface area contributed by atoms with Crippen molar-refractivity contribution in [3.05, 3.63) is 0 Å². The van der Waals surface area contributed by atoms with Crippen molar-refractivity contribution >= 4 is 0 Å². The van der Waals surface area contributed by atoms with Crippen molar-refractivity contribution in [2.45, 2.75) is 81.1 Å². The molecule has 0 spiro atoms. The Morgan fingerprint density at radius 1 is 0.583 bits per heavy atom. The van der Waals surface area contributed by atoms with Gasteiger partial charge in [-0.25, -0.2) is 0 Å². The van der Waals surface area contributed by atoms with Crippen molar-refractivity contribution in [2.75, 3.05) is 0 Å². The van der Waals surface area contributed by atoms with E-state index in [0.29, 0.717) is 0 Å². The Balaban J connectivity index is -0.0000000560. The lowest BCUT2D eigenvalue weighted by Gasteiger charge is -1.90. The highest BCUT2D eigenvalue weighted by Gasteiger charge is 1.80. The standard InChI is InChI=1S/C7H16.2C2H6.CH4/c1-3-5-7-6-4-2;2*1-2;/h3-7H2,1-2H3;2*1-2H3;1H4. The Hall–Kier alpha value is 0. The molecular formula is C12H32. The fourth-order valence-corrected chi connectivity index (χ4v) is 0.677. The normalized spacial score (nSPS) is 6.50. The minimum absolute atomic E-state index is 0. The average Bonchev–Trinajstić information content (AvgIpc) is 2.13. The molecule has 0 heterocycles. The molecule has 0 saturated carbocycles. The van der Waals surface area contributed by atoms with E-state index in [4.69, 9.17) is 0 Å². The zero-order valence-corrected chi connectivity index (χ0v) is 9.54. The van der Waals surface area contributed by atoms with Gasteiger partial charge in [0.15, 0.2) is 0 Å². The maximum Gasteiger partial charge on any atom is -0.0533 e. The van der Waals surface area contributed by atoms with Gasteiger partial charge in [-0.1, -0.05) is 81.1 Å². The molecule has 0 radical (unpaired) electrons. The molecule has 12 heavy (non-hydrogen) atoms. The highest BCUT2D eigenvalue weighted by molar-refractivity contribution is 4.35. The minimum atomic E-state index is 0. The van der Waals surface area contributed by atoms with Crippen LogP contribution in [0.1, 0.15) is 81.1 Å². The first-order chi connectivity index (χ1) is 5.41. The van der Waals surface area contributed by atoms with Crippen molar-refractivity contribution in [2.24, 2.45) is 0 Å². The number of rotatable bonds is 4. The van der Waals surface area contributed by atoms with Crippen LogP contribution in [0.3, 0.4) is 0 Å². The Labute approximate surface area is 81.8 Å². The van der Waals surface area contributed by atoms with Gasteiger partial charge in [0.05, 0.1) is 0 Å². The van der Waals surface area contributed by atoms with Gasteiger partial charge in [-0.05, 0) is 0 Å². The summed E-state index contributed by atoms with van der Waals surface area (Å²) in [6, 6.07) is 0. The molecule has 0 nitrogen and oxygen atoms in total. The predicted molar refractivity (Wildman–Crippen MR) is 63.9 cm³/mol. The van der Waals surface area contributed by atoms with E-state index in [9.17, 15) is 0 Å². The third-order valence-corrected chi connectivity index (χ3v) is 1.21. The highest BCUT2D eigenvalue weighted by atomic mass is 13.9. The maximum atomic E-state index is 2.25. The number of unbranched alkanes of at least 4 members (excludes halogenated alkanes) is 4. The molecule has 0 unspecified atom stereocenters. The zero-order chi connectivity index (χ0) is 9.54. The first-order valence-corrected chi connectivity index (χ1v) is 5.41. The van der Waals surface area contributed by atoms with Crippen LogP contribution in [0.4, 0.5) is 0 Å². The van der Waals surface area contributed by atoms with Gasteiger partial charge in [-0.15, -0.1) is 0 Å². The zero-order valence-electron chi connectivity index (χ0n) is 9.54. The molecular weight excluding hydrogens is 144 g/mol. The fraction of sp³-hybridized carbons (Fsp3) is 1.00. The first kappa shape index (κ1) is 22.7. The van der Waals surface area contributed by atoms with E-state index >= 15 is 0 Å². The van der Waals surface area contributed by atoms with E-state index in [1.165, 1.54) is 32.1 Å². The van der Waals surface area contributed by atoms with Crippen molar-refractivity contribution in [1.29, 1.82) is 0 Å². The summed E-state index contributed by atoms with van der Waals surface area (Å²) in [6.45, 7) is 12.5. The molecule has 0 aliphatic heterocycles. The Morgan fingerprint density at radius 3 is 1.00 bits per heavy atom. The van der Waals surface area contributed by atoms with Crippen LogP contribution in [0.25, 0.3) is 0 Å². The van der Waals surface area contributed by atoms with Gasteiger partial charge >= 0.3 is 0 Å². The summed E-state index contributed by atoms with van der Waals surface area (Å²) in [7, 11) is 0. The summed E-state index contributed by atoms with van der Waals surface area (Å²) in [5.41, 5.74) is 0. The summed E-state index contributed by atoms with van der Waals surface area (Å²) in [5.74, 6) is 0. The molecule has 0 aromatic carbocycles. The third kappa shape index (κ3) is 50.6. The van der Waals surface area contributed by atoms with E-state index in [1.54, 1.807) is 0 Å². The van der Waals surface area contributed by atoms with Crippen molar-refractivity contribution in [3.8, 4) is 0 Å². The summed E-state index contributed by atoms with van der Waals surface area (Å²) in [6.07, 6.45) is 7.01. The molecule has 0 aromatic rings. The second kappa shape index (κ2) is 44.0. The molecule has 0 fully saturated rings. The summed E-state index contributed by atoms with van der Waals surface area (Å²) < 4.78 is 0. The van der Waals surface area contributed by atoms with Crippen molar-refractivity contribution in [3.63, 3.8) is 0 Å². The molecule has 0 N–H and O–H groups in total. The first-order valence-electron chi connectivity index (χ1n) is 5.41. The Morgan fingerprint density at radius 2 is 0.833 bits per heavy atom. The van der Waals surface area contributed by atoms with Gasteiger partial charge < -0.3 is 0 Å². The van der Waals surface area contributed by atoms with Crippen LogP contribution < -0.4 is 0 Å².